The van der Waals surface area contributed by atoms with E-state index in [4.69, 9.17) is 11.6 Å². The van der Waals surface area contributed by atoms with Crippen LogP contribution in [-0.4, -0.2) is 11.1 Å². The molecule has 2 aromatic carbocycles. The Morgan fingerprint density at radius 1 is 1.00 bits per heavy atom. The summed E-state index contributed by atoms with van der Waals surface area (Å²) in [5.41, 5.74) is 6.89. The molecular formula is C17H17ClO2. The highest BCUT2D eigenvalue weighted by Gasteiger charge is 2.14. The first-order chi connectivity index (χ1) is 9.32. The van der Waals surface area contributed by atoms with Crippen molar-refractivity contribution in [2.75, 3.05) is 0 Å². The highest BCUT2D eigenvalue weighted by Crippen LogP contribution is 2.33. The van der Waals surface area contributed by atoms with Crippen molar-refractivity contribution in [1.82, 2.24) is 0 Å². The Kier molecular flexibility index (Phi) is 3.87. The number of benzene rings is 2. The highest BCUT2D eigenvalue weighted by molar-refractivity contribution is 6.33. The van der Waals surface area contributed by atoms with Gasteiger partial charge in [-0.1, -0.05) is 23.7 Å². The van der Waals surface area contributed by atoms with E-state index in [2.05, 4.69) is 33.8 Å². The molecule has 0 aliphatic heterocycles. The zero-order valence-corrected chi connectivity index (χ0v) is 12.8. The van der Waals surface area contributed by atoms with E-state index in [9.17, 15) is 9.90 Å². The van der Waals surface area contributed by atoms with Crippen LogP contribution >= 0.6 is 11.6 Å². The van der Waals surface area contributed by atoms with Crippen LogP contribution in [0.25, 0.3) is 11.1 Å². The molecule has 2 nitrogen and oxygen atoms in total. The monoisotopic (exact) mass is 288 g/mol. The fraction of sp³-hybridized carbons (Fsp3) is 0.235. The first-order valence-electron chi connectivity index (χ1n) is 6.43. The average Bonchev–Trinajstić information content (AvgIpc) is 2.38. The zero-order chi connectivity index (χ0) is 15.0. The number of carbonyl (C=O) groups is 1. The van der Waals surface area contributed by atoms with Gasteiger partial charge in [-0.15, -0.1) is 0 Å². The first-order valence-corrected chi connectivity index (χ1v) is 6.81. The molecular weight excluding hydrogens is 272 g/mol. The maximum atomic E-state index is 11.2. The molecule has 0 aliphatic rings. The maximum Gasteiger partial charge on any atom is 0.337 e. The molecule has 0 radical (unpaired) electrons. The molecule has 0 heterocycles. The SMILES string of the molecule is Cc1cc(C)c(C)c(-c2ccc(Cl)c(C(=O)O)c2)c1C. The van der Waals surface area contributed by atoms with Crippen molar-refractivity contribution in [3.05, 3.63) is 57.1 Å². The highest BCUT2D eigenvalue weighted by atomic mass is 35.5. The Morgan fingerprint density at radius 2 is 1.55 bits per heavy atom. The minimum Gasteiger partial charge on any atom is -0.478 e. The van der Waals surface area contributed by atoms with Gasteiger partial charge >= 0.3 is 5.97 Å². The molecule has 0 saturated heterocycles. The molecule has 0 bridgehead atoms. The predicted molar refractivity (Wildman–Crippen MR) is 82.8 cm³/mol. The van der Waals surface area contributed by atoms with Gasteiger partial charge in [0.05, 0.1) is 10.6 Å². The van der Waals surface area contributed by atoms with Crippen molar-refractivity contribution in [2.45, 2.75) is 27.7 Å². The van der Waals surface area contributed by atoms with Gasteiger partial charge < -0.3 is 5.11 Å². The van der Waals surface area contributed by atoms with Crippen molar-refractivity contribution < 1.29 is 9.90 Å². The topological polar surface area (TPSA) is 37.3 Å². The molecule has 0 spiro atoms. The molecule has 0 saturated carbocycles. The number of halogens is 1. The second kappa shape index (κ2) is 5.29. The Bertz CT molecular complexity index is 676. The summed E-state index contributed by atoms with van der Waals surface area (Å²) < 4.78 is 0. The van der Waals surface area contributed by atoms with Crippen LogP contribution in [0.1, 0.15) is 32.6 Å². The van der Waals surface area contributed by atoms with E-state index in [1.54, 1.807) is 12.1 Å². The van der Waals surface area contributed by atoms with Gasteiger partial charge in [0.1, 0.15) is 0 Å². The van der Waals surface area contributed by atoms with Gasteiger partial charge in [0.2, 0.25) is 0 Å². The standard InChI is InChI=1S/C17H17ClO2/c1-9-7-10(2)12(4)16(11(9)3)13-5-6-15(18)14(8-13)17(19)20/h5-8H,1-4H3,(H,19,20). The van der Waals surface area contributed by atoms with Crippen LogP contribution in [0.3, 0.4) is 0 Å². The smallest absolute Gasteiger partial charge is 0.337 e. The summed E-state index contributed by atoms with van der Waals surface area (Å²) in [5, 5.41) is 9.47. The number of carboxylic acid groups (broad SMARTS) is 1. The van der Waals surface area contributed by atoms with Gasteiger partial charge in [-0.25, -0.2) is 4.79 Å². The van der Waals surface area contributed by atoms with Crippen molar-refractivity contribution in [3.63, 3.8) is 0 Å². The Hall–Kier alpha value is -1.80. The van der Waals surface area contributed by atoms with Crippen molar-refractivity contribution in [2.24, 2.45) is 0 Å². The van der Waals surface area contributed by atoms with E-state index in [0.29, 0.717) is 0 Å². The van der Waals surface area contributed by atoms with Crippen molar-refractivity contribution >= 4 is 17.6 Å². The number of hydrogen-bond donors (Lipinski definition) is 1. The summed E-state index contributed by atoms with van der Waals surface area (Å²) in [6.07, 6.45) is 0. The number of aryl methyl sites for hydroxylation is 2. The van der Waals surface area contributed by atoms with Crippen LogP contribution in [0.15, 0.2) is 24.3 Å². The summed E-state index contributed by atoms with van der Waals surface area (Å²) in [7, 11) is 0. The lowest BCUT2D eigenvalue weighted by atomic mass is 9.89. The Labute approximate surface area is 124 Å². The normalized spacial score (nSPS) is 10.7. The average molecular weight is 289 g/mol. The number of hydrogen-bond acceptors (Lipinski definition) is 1. The minimum absolute atomic E-state index is 0.141. The van der Waals surface area contributed by atoms with E-state index < -0.39 is 5.97 Å². The second-order valence-corrected chi connectivity index (χ2v) is 5.54. The van der Waals surface area contributed by atoms with E-state index in [1.807, 2.05) is 6.07 Å². The van der Waals surface area contributed by atoms with Gasteiger partial charge in [0, 0.05) is 0 Å². The van der Waals surface area contributed by atoms with Gasteiger partial charge in [0.25, 0.3) is 0 Å². The van der Waals surface area contributed by atoms with Gasteiger partial charge in [-0.3, -0.25) is 0 Å². The lowest BCUT2D eigenvalue weighted by Gasteiger charge is -2.16. The zero-order valence-electron chi connectivity index (χ0n) is 12.0. The lowest BCUT2D eigenvalue weighted by Crippen LogP contribution is -2.00. The summed E-state index contributed by atoms with van der Waals surface area (Å²) in [5.74, 6) is -1.00. The van der Waals surface area contributed by atoms with Crippen LogP contribution in [0, 0.1) is 27.7 Å². The van der Waals surface area contributed by atoms with Crippen LogP contribution < -0.4 is 0 Å². The Balaban J connectivity index is 2.75. The third kappa shape index (κ3) is 2.44. The van der Waals surface area contributed by atoms with Crippen molar-refractivity contribution in [1.29, 1.82) is 0 Å². The van der Waals surface area contributed by atoms with Crippen LogP contribution in [0.4, 0.5) is 0 Å². The first kappa shape index (κ1) is 14.6. The molecule has 0 atom stereocenters. The molecule has 0 aliphatic carbocycles. The van der Waals surface area contributed by atoms with Crippen molar-refractivity contribution in [3.8, 4) is 11.1 Å². The maximum absolute atomic E-state index is 11.2. The third-order valence-electron chi connectivity index (χ3n) is 3.85. The van der Waals surface area contributed by atoms with E-state index >= 15 is 0 Å². The summed E-state index contributed by atoms with van der Waals surface area (Å²) in [6, 6.07) is 7.33. The van der Waals surface area contributed by atoms with Gasteiger partial charge in [-0.05, 0) is 73.2 Å². The molecule has 0 aromatic heterocycles. The molecule has 1 N–H and O–H groups in total. The van der Waals surface area contributed by atoms with Gasteiger partial charge in [0.15, 0.2) is 0 Å². The number of aromatic carboxylic acids is 1. The van der Waals surface area contributed by atoms with Crippen LogP contribution in [0.5, 0.6) is 0 Å². The molecule has 2 aromatic rings. The predicted octanol–water partition coefficient (Wildman–Crippen LogP) is 4.94. The second-order valence-electron chi connectivity index (χ2n) is 5.14. The fourth-order valence-corrected chi connectivity index (χ4v) is 2.69. The fourth-order valence-electron chi connectivity index (χ4n) is 2.49. The quantitative estimate of drug-likeness (QED) is 0.850. The molecule has 104 valence electrons. The molecule has 0 amide bonds. The molecule has 0 fully saturated rings. The van der Waals surface area contributed by atoms with Crippen LogP contribution in [-0.2, 0) is 0 Å². The minimum atomic E-state index is -1.00. The van der Waals surface area contributed by atoms with Gasteiger partial charge in [-0.2, -0.15) is 0 Å². The molecule has 2 rings (SSSR count). The Morgan fingerprint density at radius 3 is 2.05 bits per heavy atom. The summed E-state index contributed by atoms with van der Waals surface area (Å²) in [4.78, 5) is 11.2. The molecule has 20 heavy (non-hydrogen) atoms. The number of rotatable bonds is 2. The van der Waals surface area contributed by atoms with E-state index in [-0.39, 0.29) is 10.6 Å². The number of carboxylic acids is 1. The van der Waals surface area contributed by atoms with E-state index in [1.165, 1.54) is 22.3 Å². The summed E-state index contributed by atoms with van der Waals surface area (Å²) in [6.45, 7) is 8.26. The van der Waals surface area contributed by atoms with Crippen LogP contribution in [0.2, 0.25) is 5.02 Å². The largest absolute Gasteiger partial charge is 0.478 e. The lowest BCUT2D eigenvalue weighted by molar-refractivity contribution is 0.0697. The third-order valence-corrected chi connectivity index (χ3v) is 4.18. The molecule has 0 unspecified atom stereocenters. The summed E-state index contributed by atoms with van der Waals surface area (Å²) >= 11 is 5.94. The molecule has 3 heteroatoms. The van der Waals surface area contributed by atoms with E-state index in [0.717, 1.165) is 11.1 Å².